The molecule has 10 heavy (non-hydrogen) atoms. The zero-order valence-corrected chi connectivity index (χ0v) is 7.91. The Hall–Kier alpha value is 0.200. The van der Waals surface area contributed by atoms with Crippen LogP contribution in [0, 0.1) is 0 Å². The fraction of sp³-hybridized carbons (Fsp3) is 1.00. The molecule has 0 aromatic heterocycles. The standard InChI is InChI=1S/C5H12ClNO2S/c1-5(4-6)10(8,9)7(2)3/h5H,4H2,1-3H3. The third-order valence-electron chi connectivity index (χ3n) is 1.23. The van der Waals surface area contributed by atoms with Crippen LogP contribution in [0.15, 0.2) is 0 Å². The second-order valence-electron chi connectivity index (χ2n) is 2.29. The number of hydrogen-bond acceptors (Lipinski definition) is 2. The van der Waals surface area contributed by atoms with Crippen LogP contribution < -0.4 is 0 Å². The Morgan fingerprint density at radius 3 is 2.00 bits per heavy atom. The van der Waals surface area contributed by atoms with E-state index in [9.17, 15) is 8.42 Å². The van der Waals surface area contributed by atoms with Gasteiger partial charge in [-0.05, 0) is 6.92 Å². The van der Waals surface area contributed by atoms with Crippen molar-refractivity contribution in [2.75, 3.05) is 20.0 Å². The van der Waals surface area contributed by atoms with Gasteiger partial charge in [-0.1, -0.05) is 0 Å². The lowest BCUT2D eigenvalue weighted by atomic mass is 10.6. The van der Waals surface area contributed by atoms with Crippen LogP contribution in [0.3, 0.4) is 0 Å². The Labute approximate surface area is 67.0 Å². The molecule has 0 saturated carbocycles. The van der Waals surface area contributed by atoms with E-state index < -0.39 is 15.3 Å². The maximum atomic E-state index is 11.1. The van der Waals surface area contributed by atoms with Crippen molar-refractivity contribution in [1.82, 2.24) is 4.31 Å². The van der Waals surface area contributed by atoms with Crippen LogP contribution in [0.25, 0.3) is 0 Å². The predicted molar refractivity (Wildman–Crippen MR) is 42.8 cm³/mol. The van der Waals surface area contributed by atoms with Crippen LogP contribution in [-0.4, -0.2) is 37.9 Å². The zero-order chi connectivity index (χ0) is 8.36. The van der Waals surface area contributed by atoms with Crippen molar-refractivity contribution in [3.05, 3.63) is 0 Å². The maximum absolute atomic E-state index is 11.1. The molecule has 0 heterocycles. The molecule has 0 aliphatic heterocycles. The van der Waals surface area contributed by atoms with Crippen molar-refractivity contribution >= 4 is 21.6 Å². The van der Waals surface area contributed by atoms with Crippen molar-refractivity contribution in [2.45, 2.75) is 12.2 Å². The Bertz CT molecular complexity index is 188. The third kappa shape index (κ3) is 2.11. The van der Waals surface area contributed by atoms with Crippen molar-refractivity contribution in [1.29, 1.82) is 0 Å². The minimum Gasteiger partial charge on any atom is -0.212 e. The lowest BCUT2D eigenvalue weighted by Gasteiger charge is -2.15. The molecule has 0 aliphatic carbocycles. The summed E-state index contributed by atoms with van der Waals surface area (Å²) in [5.74, 6) is 0.139. The Morgan fingerprint density at radius 2 is 1.90 bits per heavy atom. The first kappa shape index (κ1) is 10.2. The average molecular weight is 186 g/mol. The minimum atomic E-state index is -3.13. The van der Waals surface area contributed by atoms with E-state index in [-0.39, 0.29) is 5.88 Å². The predicted octanol–water partition coefficient (Wildman–Crippen LogP) is 0.505. The van der Waals surface area contributed by atoms with E-state index >= 15 is 0 Å². The molecular weight excluding hydrogens is 174 g/mol. The molecule has 0 N–H and O–H groups in total. The van der Waals surface area contributed by atoms with Gasteiger partial charge < -0.3 is 0 Å². The molecular formula is C5H12ClNO2S. The molecule has 62 valence electrons. The van der Waals surface area contributed by atoms with Crippen LogP contribution in [0.1, 0.15) is 6.92 Å². The highest BCUT2D eigenvalue weighted by Gasteiger charge is 2.21. The van der Waals surface area contributed by atoms with Crippen LogP contribution >= 0.6 is 11.6 Å². The van der Waals surface area contributed by atoms with Gasteiger partial charge in [0.15, 0.2) is 0 Å². The van der Waals surface area contributed by atoms with Gasteiger partial charge >= 0.3 is 0 Å². The van der Waals surface area contributed by atoms with E-state index in [0.29, 0.717) is 0 Å². The molecule has 0 spiro atoms. The van der Waals surface area contributed by atoms with Gasteiger partial charge in [-0.25, -0.2) is 12.7 Å². The van der Waals surface area contributed by atoms with E-state index in [1.807, 2.05) is 0 Å². The summed E-state index contributed by atoms with van der Waals surface area (Å²) in [4.78, 5) is 0. The van der Waals surface area contributed by atoms with E-state index in [2.05, 4.69) is 0 Å². The van der Waals surface area contributed by atoms with Crippen molar-refractivity contribution in [3.63, 3.8) is 0 Å². The Kier molecular flexibility index (Phi) is 3.62. The zero-order valence-electron chi connectivity index (χ0n) is 6.33. The van der Waals surface area contributed by atoms with Crippen LogP contribution in [0.2, 0.25) is 0 Å². The topological polar surface area (TPSA) is 37.4 Å². The Balaban J connectivity index is 4.42. The molecule has 5 heteroatoms. The molecule has 3 nitrogen and oxygen atoms in total. The smallest absolute Gasteiger partial charge is 0.212 e. The monoisotopic (exact) mass is 185 g/mol. The molecule has 0 radical (unpaired) electrons. The van der Waals surface area contributed by atoms with Gasteiger partial charge in [0.25, 0.3) is 0 Å². The number of halogens is 1. The summed E-state index contributed by atoms with van der Waals surface area (Å²) in [5, 5.41) is -0.496. The SMILES string of the molecule is CC(CCl)S(=O)(=O)N(C)C. The number of hydrogen-bond donors (Lipinski definition) is 0. The second-order valence-corrected chi connectivity index (χ2v) is 5.17. The van der Waals surface area contributed by atoms with Crippen molar-refractivity contribution in [3.8, 4) is 0 Å². The fourth-order valence-electron chi connectivity index (χ4n) is 0.439. The summed E-state index contributed by atoms with van der Waals surface area (Å²) in [5.41, 5.74) is 0. The molecule has 0 rings (SSSR count). The van der Waals surface area contributed by atoms with Gasteiger partial charge in [0.05, 0.1) is 5.25 Å². The summed E-state index contributed by atoms with van der Waals surface area (Å²) < 4.78 is 23.4. The van der Waals surface area contributed by atoms with Gasteiger partial charge in [0.1, 0.15) is 0 Å². The molecule has 0 saturated heterocycles. The molecule has 0 aromatic carbocycles. The highest BCUT2D eigenvalue weighted by Crippen LogP contribution is 2.05. The minimum absolute atomic E-state index is 0.139. The molecule has 0 aliphatic rings. The quantitative estimate of drug-likeness (QED) is 0.601. The van der Waals surface area contributed by atoms with E-state index in [1.165, 1.54) is 18.4 Å². The normalized spacial score (nSPS) is 15.7. The lowest BCUT2D eigenvalue weighted by Crippen LogP contribution is -2.32. The van der Waals surface area contributed by atoms with Gasteiger partial charge in [-0.2, -0.15) is 0 Å². The first-order valence-corrected chi connectivity index (χ1v) is 4.94. The number of rotatable bonds is 3. The van der Waals surface area contributed by atoms with Crippen molar-refractivity contribution in [2.24, 2.45) is 0 Å². The number of nitrogens with zero attached hydrogens (tertiary/aromatic N) is 1. The maximum Gasteiger partial charge on any atom is 0.217 e. The molecule has 0 bridgehead atoms. The summed E-state index contributed by atoms with van der Waals surface area (Å²) >= 11 is 5.37. The summed E-state index contributed by atoms with van der Waals surface area (Å²) in [6.07, 6.45) is 0. The Morgan fingerprint density at radius 1 is 1.50 bits per heavy atom. The molecule has 0 amide bonds. The van der Waals surface area contributed by atoms with Gasteiger partial charge in [-0.15, -0.1) is 11.6 Å². The number of alkyl halides is 1. The molecule has 0 fully saturated rings. The second kappa shape index (κ2) is 3.55. The van der Waals surface area contributed by atoms with E-state index in [4.69, 9.17) is 11.6 Å². The average Bonchev–Trinajstić information content (AvgIpc) is 1.86. The molecule has 1 atom stereocenters. The van der Waals surface area contributed by atoms with Gasteiger partial charge in [0, 0.05) is 20.0 Å². The first-order valence-electron chi connectivity index (χ1n) is 2.90. The summed E-state index contributed by atoms with van der Waals surface area (Å²) in [6.45, 7) is 1.59. The summed E-state index contributed by atoms with van der Waals surface area (Å²) in [7, 11) is -0.129. The summed E-state index contributed by atoms with van der Waals surface area (Å²) in [6, 6.07) is 0. The molecule has 1 unspecified atom stereocenters. The number of sulfonamides is 1. The van der Waals surface area contributed by atoms with Crippen LogP contribution in [-0.2, 0) is 10.0 Å². The van der Waals surface area contributed by atoms with E-state index in [0.717, 1.165) is 0 Å². The van der Waals surface area contributed by atoms with Gasteiger partial charge in [0.2, 0.25) is 10.0 Å². The molecule has 0 aromatic rings. The van der Waals surface area contributed by atoms with Crippen LogP contribution in [0.5, 0.6) is 0 Å². The van der Waals surface area contributed by atoms with Crippen molar-refractivity contribution < 1.29 is 8.42 Å². The lowest BCUT2D eigenvalue weighted by molar-refractivity contribution is 0.512. The highest BCUT2D eigenvalue weighted by atomic mass is 35.5. The first-order chi connectivity index (χ1) is 4.42. The van der Waals surface area contributed by atoms with Crippen LogP contribution in [0.4, 0.5) is 0 Å². The van der Waals surface area contributed by atoms with Gasteiger partial charge in [-0.3, -0.25) is 0 Å². The largest absolute Gasteiger partial charge is 0.217 e. The van der Waals surface area contributed by atoms with E-state index in [1.54, 1.807) is 6.92 Å². The highest BCUT2D eigenvalue weighted by molar-refractivity contribution is 7.89. The fourth-order valence-corrected chi connectivity index (χ4v) is 1.80. The third-order valence-corrected chi connectivity index (χ3v) is 4.08.